The van der Waals surface area contributed by atoms with Gasteiger partial charge in [-0.15, -0.1) is 11.3 Å². The van der Waals surface area contributed by atoms with Gasteiger partial charge in [0.25, 0.3) is 0 Å². The van der Waals surface area contributed by atoms with Gasteiger partial charge in [0.15, 0.2) is 5.13 Å². The van der Waals surface area contributed by atoms with Crippen LogP contribution in [0.3, 0.4) is 0 Å². The van der Waals surface area contributed by atoms with Crippen LogP contribution >= 0.6 is 11.3 Å². The highest BCUT2D eigenvalue weighted by Gasteiger charge is 2.23. The molecule has 5 nitrogen and oxygen atoms in total. The van der Waals surface area contributed by atoms with Gasteiger partial charge < -0.3 is 11.1 Å². The van der Waals surface area contributed by atoms with E-state index >= 15 is 0 Å². The SMILES string of the molecule is CC(C(=O)Nc1nc(CN2CCCCC2)cs1)C(N)c1ccccc1. The van der Waals surface area contributed by atoms with Crippen LogP contribution in [0, 0.1) is 5.92 Å². The van der Waals surface area contributed by atoms with E-state index in [1.165, 1.54) is 30.6 Å². The Morgan fingerprint density at radius 2 is 2.00 bits per heavy atom. The van der Waals surface area contributed by atoms with Gasteiger partial charge in [0.2, 0.25) is 5.91 Å². The summed E-state index contributed by atoms with van der Waals surface area (Å²) in [6.45, 7) is 5.01. The zero-order valence-electron chi connectivity index (χ0n) is 14.6. The van der Waals surface area contributed by atoms with Crippen LogP contribution in [0.5, 0.6) is 0 Å². The van der Waals surface area contributed by atoms with Gasteiger partial charge in [0.1, 0.15) is 0 Å². The molecular formula is C19H26N4OS. The van der Waals surface area contributed by atoms with Crippen molar-refractivity contribution in [3.63, 3.8) is 0 Å². The summed E-state index contributed by atoms with van der Waals surface area (Å²) in [4.78, 5) is 19.5. The lowest BCUT2D eigenvalue weighted by atomic mass is 9.95. The van der Waals surface area contributed by atoms with Gasteiger partial charge in [-0.25, -0.2) is 4.98 Å². The van der Waals surface area contributed by atoms with Crippen LogP contribution in [0.4, 0.5) is 5.13 Å². The monoisotopic (exact) mass is 358 g/mol. The van der Waals surface area contributed by atoms with Crippen LogP contribution in [0.25, 0.3) is 0 Å². The molecule has 0 radical (unpaired) electrons. The summed E-state index contributed by atoms with van der Waals surface area (Å²) in [5.41, 5.74) is 8.23. The van der Waals surface area contributed by atoms with E-state index in [0.29, 0.717) is 5.13 Å². The van der Waals surface area contributed by atoms with Crippen LogP contribution < -0.4 is 11.1 Å². The van der Waals surface area contributed by atoms with Gasteiger partial charge >= 0.3 is 0 Å². The highest BCUT2D eigenvalue weighted by molar-refractivity contribution is 7.13. The third-order valence-corrected chi connectivity index (χ3v) is 5.56. The number of anilines is 1. The molecule has 2 atom stereocenters. The molecule has 6 heteroatoms. The van der Waals surface area contributed by atoms with Crippen LogP contribution in [0.1, 0.15) is 43.5 Å². The Morgan fingerprint density at radius 1 is 1.28 bits per heavy atom. The second kappa shape index (κ2) is 8.56. The minimum absolute atomic E-state index is 0.0878. The number of likely N-dealkylation sites (tertiary alicyclic amines) is 1. The number of carbonyl (C=O) groups excluding carboxylic acids is 1. The number of hydrogen-bond acceptors (Lipinski definition) is 5. The van der Waals surface area contributed by atoms with Crippen molar-refractivity contribution >= 4 is 22.4 Å². The van der Waals surface area contributed by atoms with Crippen molar-refractivity contribution in [2.24, 2.45) is 11.7 Å². The zero-order chi connectivity index (χ0) is 17.6. The molecule has 2 heterocycles. The molecule has 3 N–H and O–H groups in total. The van der Waals surface area contributed by atoms with Gasteiger partial charge in [-0.3, -0.25) is 9.69 Å². The predicted octanol–water partition coefficient (Wildman–Crippen LogP) is 3.40. The van der Waals surface area contributed by atoms with Crippen LogP contribution in [-0.2, 0) is 11.3 Å². The summed E-state index contributed by atoms with van der Waals surface area (Å²) in [5, 5.41) is 5.61. The molecule has 1 aliphatic rings. The number of benzene rings is 1. The van der Waals surface area contributed by atoms with E-state index in [0.717, 1.165) is 30.9 Å². The fourth-order valence-electron chi connectivity index (χ4n) is 3.13. The van der Waals surface area contributed by atoms with Crippen LogP contribution in [0.2, 0.25) is 0 Å². The van der Waals surface area contributed by atoms with Crippen molar-refractivity contribution in [2.75, 3.05) is 18.4 Å². The molecular weight excluding hydrogens is 332 g/mol. The molecule has 0 aliphatic carbocycles. The summed E-state index contributed by atoms with van der Waals surface area (Å²) in [7, 11) is 0. The number of nitrogens with two attached hydrogens (primary N) is 1. The Hall–Kier alpha value is -1.76. The van der Waals surface area contributed by atoms with E-state index < -0.39 is 0 Å². The molecule has 0 bridgehead atoms. The first kappa shape index (κ1) is 18.0. The number of piperidine rings is 1. The molecule has 2 aromatic rings. The molecule has 1 aliphatic heterocycles. The van der Waals surface area contributed by atoms with E-state index in [1.54, 1.807) is 0 Å². The number of rotatable bonds is 6. The van der Waals surface area contributed by atoms with Gasteiger partial charge in [0, 0.05) is 18.0 Å². The number of hydrogen-bond donors (Lipinski definition) is 2. The van der Waals surface area contributed by atoms with Crippen molar-refractivity contribution in [1.82, 2.24) is 9.88 Å². The number of nitrogens with one attached hydrogen (secondary N) is 1. The molecule has 2 unspecified atom stereocenters. The van der Waals surface area contributed by atoms with Crippen molar-refractivity contribution in [3.05, 3.63) is 47.0 Å². The maximum Gasteiger partial charge on any atom is 0.230 e. The number of amides is 1. The summed E-state index contributed by atoms with van der Waals surface area (Å²) in [6, 6.07) is 9.40. The molecule has 1 amide bonds. The minimum atomic E-state index is -0.325. The van der Waals surface area contributed by atoms with Gasteiger partial charge in [-0.05, 0) is 31.5 Å². The number of thiazole rings is 1. The quantitative estimate of drug-likeness (QED) is 0.830. The average molecular weight is 359 g/mol. The summed E-state index contributed by atoms with van der Waals surface area (Å²) in [5.74, 6) is -0.410. The first-order valence-electron chi connectivity index (χ1n) is 8.91. The first-order valence-corrected chi connectivity index (χ1v) is 9.79. The largest absolute Gasteiger partial charge is 0.323 e. The fourth-order valence-corrected chi connectivity index (χ4v) is 3.83. The third-order valence-electron chi connectivity index (χ3n) is 4.75. The summed E-state index contributed by atoms with van der Waals surface area (Å²) in [6.07, 6.45) is 3.86. The highest BCUT2D eigenvalue weighted by Crippen LogP contribution is 2.23. The molecule has 3 rings (SSSR count). The topological polar surface area (TPSA) is 71.2 Å². The molecule has 1 fully saturated rings. The average Bonchev–Trinajstić information content (AvgIpc) is 3.08. The second-order valence-corrected chi connectivity index (χ2v) is 7.55. The normalized spacial score (nSPS) is 17.8. The minimum Gasteiger partial charge on any atom is -0.323 e. The van der Waals surface area contributed by atoms with E-state index in [2.05, 4.69) is 15.2 Å². The van der Waals surface area contributed by atoms with Gasteiger partial charge in [-0.1, -0.05) is 43.7 Å². The lowest BCUT2D eigenvalue weighted by molar-refractivity contribution is -0.120. The maximum absolute atomic E-state index is 12.5. The van der Waals surface area contributed by atoms with Crippen molar-refractivity contribution in [2.45, 2.75) is 38.8 Å². The zero-order valence-corrected chi connectivity index (χ0v) is 15.5. The maximum atomic E-state index is 12.5. The molecule has 1 aromatic carbocycles. The standard InChI is InChI=1S/C19H26N4OS/c1-14(17(20)15-8-4-2-5-9-15)18(24)22-19-21-16(13-25-19)12-23-10-6-3-7-11-23/h2,4-5,8-9,13-14,17H,3,6-7,10-12,20H2,1H3,(H,21,22,24). The Bertz CT molecular complexity index is 682. The van der Waals surface area contributed by atoms with Crippen molar-refractivity contribution in [3.8, 4) is 0 Å². The summed E-state index contributed by atoms with van der Waals surface area (Å²) < 4.78 is 0. The Labute approximate surface area is 153 Å². The van der Waals surface area contributed by atoms with E-state index in [9.17, 15) is 4.79 Å². The van der Waals surface area contributed by atoms with Crippen LogP contribution in [-0.4, -0.2) is 28.9 Å². The fraction of sp³-hybridized carbons (Fsp3) is 0.474. The third kappa shape index (κ3) is 4.87. The molecule has 25 heavy (non-hydrogen) atoms. The molecule has 134 valence electrons. The molecule has 0 saturated carbocycles. The van der Waals surface area contributed by atoms with E-state index in [-0.39, 0.29) is 17.9 Å². The van der Waals surface area contributed by atoms with Crippen molar-refractivity contribution in [1.29, 1.82) is 0 Å². The summed E-state index contributed by atoms with van der Waals surface area (Å²) >= 11 is 1.48. The highest BCUT2D eigenvalue weighted by atomic mass is 32.1. The molecule has 0 spiro atoms. The number of aromatic nitrogens is 1. The smallest absolute Gasteiger partial charge is 0.230 e. The van der Waals surface area contributed by atoms with Crippen molar-refractivity contribution < 1.29 is 4.79 Å². The Balaban J connectivity index is 1.55. The molecule has 1 saturated heterocycles. The Morgan fingerprint density at radius 3 is 2.72 bits per heavy atom. The number of nitrogens with zero attached hydrogens (tertiary/aromatic N) is 2. The number of carbonyl (C=O) groups is 1. The van der Waals surface area contributed by atoms with Crippen LogP contribution in [0.15, 0.2) is 35.7 Å². The van der Waals surface area contributed by atoms with Gasteiger partial charge in [0.05, 0.1) is 11.6 Å². The first-order chi connectivity index (χ1) is 12.1. The van der Waals surface area contributed by atoms with Gasteiger partial charge in [-0.2, -0.15) is 0 Å². The lowest BCUT2D eigenvalue weighted by Gasteiger charge is -2.25. The Kier molecular flexibility index (Phi) is 6.18. The van der Waals surface area contributed by atoms with E-state index in [1.807, 2.05) is 42.6 Å². The predicted molar refractivity (Wildman–Crippen MR) is 102 cm³/mol. The second-order valence-electron chi connectivity index (χ2n) is 6.70. The lowest BCUT2D eigenvalue weighted by Crippen LogP contribution is -2.30. The van der Waals surface area contributed by atoms with E-state index in [4.69, 9.17) is 5.73 Å². The molecule has 1 aromatic heterocycles.